The standard InChI is InChI=1S/C15H23N3OS/c1-18(8-9-19-10-11-6-7-11)12-4-3-5-13(20-2)14(12)15(16)17/h3-5,11H,6-10H2,1-2H3,(H3,16,17). The van der Waals surface area contributed by atoms with Gasteiger partial charge in [-0.3, -0.25) is 5.41 Å². The largest absolute Gasteiger partial charge is 0.384 e. The number of likely N-dealkylation sites (N-methyl/N-ethyl adjacent to an activating group) is 1. The molecule has 0 spiro atoms. The van der Waals surface area contributed by atoms with Gasteiger partial charge in [0, 0.05) is 30.8 Å². The minimum Gasteiger partial charge on any atom is -0.384 e. The number of thioether (sulfide) groups is 1. The van der Waals surface area contributed by atoms with Crippen molar-refractivity contribution in [3.8, 4) is 0 Å². The second-order valence-electron chi connectivity index (χ2n) is 5.21. The number of hydrogen-bond donors (Lipinski definition) is 2. The third-order valence-electron chi connectivity index (χ3n) is 3.53. The van der Waals surface area contributed by atoms with Crippen molar-refractivity contribution in [1.82, 2.24) is 0 Å². The summed E-state index contributed by atoms with van der Waals surface area (Å²) >= 11 is 1.62. The van der Waals surface area contributed by atoms with Gasteiger partial charge in [0.1, 0.15) is 5.84 Å². The highest BCUT2D eigenvalue weighted by Crippen LogP contribution is 2.30. The molecule has 0 radical (unpaired) electrons. The quantitative estimate of drug-likeness (QED) is 0.335. The fraction of sp³-hybridized carbons (Fsp3) is 0.533. The van der Waals surface area contributed by atoms with Crippen LogP contribution >= 0.6 is 11.8 Å². The maximum atomic E-state index is 7.80. The molecule has 1 aromatic rings. The number of nitrogens with two attached hydrogens (primary N) is 1. The lowest BCUT2D eigenvalue weighted by molar-refractivity contribution is 0.131. The molecule has 0 unspecified atom stereocenters. The molecule has 1 aromatic carbocycles. The highest BCUT2D eigenvalue weighted by Gasteiger charge is 2.21. The lowest BCUT2D eigenvalue weighted by atomic mass is 10.1. The van der Waals surface area contributed by atoms with E-state index >= 15 is 0 Å². The van der Waals surface area contributed by atoms with Gasteiger partial charge in [-0.15, -0.1) is 11.8 Å². The van der Waals surface area contributed by atoms with Crippen molar-refractivity contribution >= 4 is 23.3 Å². The fourth-order valence-electron chi connectivity index (χ4n) is 2.13. The maximum Gasteiger partial charge on any atom is 0.126 e. The Balaban J connectivity index is 1.99. The molecule has 0 bridgehead atoms. The number of amidine groups is 1. The molecular formula is C15H23N3OS. The van der Waals surface area contributed by atoms with E-state index in [-0.39, 0.29) is 5.84 Å². The Morgan fingerprint density at radius 3 is 2.85 bits per heavy atom. The normalized spacial score (nSPS) is 14.3. The van der Waals surface area contributed by atoms with E-state index in [2.05, 4.69) is 4.90 Å². The third kappa shape index (κ3) is 3.90. The number of benzene rings is 1. The first-order valence-electron chi connectivity index (χ1n) is 6.93. The predicted octanol–water partition coefficient (Wildman–Crippen LogP) is 2.56. The Kier molecular flexibility index (Phi) is 5.31. The van der Waals surface area contributed by atoms with Crippen LogP contribution in [0.2, 0.25) is 0 Å². The molecule has 5 heteroatoms. The summed E-state index contributed by atoms with van der Waals surface area (Å²) in [5.74, 6) is 0.920. The summed E-state index contributed by atoms with van der Waals surface area (Å²) in [5, 5.41) is 7.80. The van der Waals surface area contributed by atoms with E-state index in [9.17, 15) is 0 Å². The summed E-state index contributed by atoms with van der Waals surface area (Å²) in [6.45, 7) is 2.41. The molecular weight excluding hydrogens is 270 g/mol. The highest BCUT2D eigenvalue weighted by molar-refractivity contribution is 7.98. The van der Waals surface area contributed by atoms with Gasteiger partial charge in [0.25, 0.3) is 0 Å². The lowest BCUT2D eigenvalue weighted by Gasteiger charge is -2.23. The van der Waals surface area contributed by atoms with Gasteiger partial charge in [-0.2, -0.15) is 0 Å². The van der Waals surface area contributed by atoms with Crippen LogP contribution in [0.1, 0.15) is 18.4 Å². The number of nitrogens with zero attached hydrogens (tertiary/aromatic N) is 1. The average Bonchev–Trinajstić information content (AvgIpc) is 3.26. The van der Waals surface area contributed by atoms with Crippen LogP contribution in [0.5, 0.6) is 0 Å². The Hall–Kier alpha value is -1.20. The van der Waals surface area contributed by atoms with Gasteiger partial charge in [0.15, 0.2) is 0 Å². The zero-order valence-electron chi connectivity index (χ0n) is 12.2. The zero-order chi connectivity index (χ0) is 14.5. The Labute approximate surface area is 125 Å². The van der Waals surface area contributed by atoms with Crippen molar-refractivity contribution in [3.05, 3.63) is 23.8 Å². The van der Waals surface area contributed by atoms with Crippen LogP contribution in [0.15, 0.2) is 23.1 Å². The van der Waals surface area contributed by atoms with Crippen LogP contribution in [0, 0.1) is 11.3 Å². The Morgan fingerprint density at radius 2 is 2.25 bits per heavy atom. The predicted molar refractivity (Wildman–Crippen MR) is 86.1 cm³/mol. The number of rotatable bonds is 8. The molecule has 1 aliphatic carbocycles. The molecule has 2 rings (SSSR count). The lowest BCUT2D eigenvalue weighted by Crippen LogP contribution is -2.26. The molecule has 0 aliphatic heterocycles. The van der Waals surface area contributed by atoms with E-state index in [4.69, 9.17) is 15.9 Å². The summed E-state index contributed by atoms with van der Waals surface area (Å²) in [4.78, 5) is 3.16. The van der Waals surface area contributed by atoms with E-state index in [0.717, 1.165) is 35.2 Å². The van der Waals surface area contributed by atoms with Crippen molar-refractivity contribution in [1.29, 1.82) is 5.41 Å². The van der Waals surface area contributed by atoms with Crippen molar-refractivity contribution in [2.24, 2.45) is 11.7 Å². The molecule has 4 nitrogen and oxygen atoms in total. The number of nitrogen functional groups attached to an aromatic ring is 1. The van der Waals surface area contributed by atoms with E-state index in [0.29, 0.717) is 6.61 Å². The molecule has 20 heavy (non-hydrogen) atoms. The van der Waals surface area contributed by atoms with Gasteiger partial charge >= 0.3 is 0 Å². The summed E-state index contributed by atoms with van der Waals surface area (Å²) in [5.41, 5.74) is 7.57. The van der Waals surface area contributed by atoms with Gasteiger partial charge in [0.05, 0.1) is 12.2 Å². The molecule has 110 valence electrons. The SMILES string of the molecule is CSc1cccc(N(C)CCOCC2CC2)c1C(=N)N. The number of nitrogens with one attached hydrogen (secondary N) is 1. The third-order valence-corrected chi connectivity index (χ3v) is 4.31. The van der Waals surface area contributed by atoms with Crippen LogP contribution in [-0.2, 0) is 4.74 Å². The molecule has 0 aromatic heterocycles. The summed E-state index contributed by atoms with van der Waals surface area (Å²) in [6, 6.07) is 6.02. The zero-order valence-corrected chi connectivity index (χ0v) is 13.0. The van der Waals surface area contributed by atoms with Crippen LogP contribution in [0.25, 0.3) is 0 Å². The van der Waals surface area contributed by atoms with Gasteiger partial charge in [0.2, 0.25) is 0 Å². The topological polar surface area (TPSA) is 62.3 Å². The molecule has 0 amide bonds. The van der Waals surface area contributed by atoms with Crippen LogP contribution in [-0.4, -0.2) is 38.9 Å². The molecule has 0 heterocycles. The van der Waals surface area contributed by atoms with E-state index < -0.39 is 0 Å². The number of anilines is 1. The number of ether oxygens (including phenoxy) is 1. The molecule has 3 N–H and O–H groups in total. The van der Waals surface area contributed by atoms with Crippen molar-refractivity contribution in [2.75, 3.05) is 38.0 Å². The summed E-state index contributed by atoms with van der Waals surface area (Å²) in [6.07, 6.45) is 4.64. The van der Waals surface area contributed by atoms with E-state index in [1.807, 2.05) is 31.5 Å². The smallest absolute Gasteiger partial charge is 0.126 e. The average molecular weight is 293 g/mol. The molecule has 0 saturated heterocycles. The van der Waals surface area contributed by atoms with E-state index in [1.165, 1.54) is 12.8 Å². The Morgan fingerprint density at radius 1 is 1.50 bits per heavy atom. The van der Waals surface area contributed by atoms with Crippen LogP contribution < -0.4 is 10.6 Å². The first kappa shape index (κ1) is 15.2. The summed E-state index contributed by atoms with van der Waals surface area (Å²) in [7, 11) is 2.02. The minimum absolute atomic E-state index is 0.121. The van der Waals surface area contributed by atoms with E-state index in [1.54, 1.807) is 11.8 Å². The van der Waals surface area contributed by atoms with Gasteiger partial charge in [-0.05, 0) is 37.1 Å². The van der Waals surface area contributed by atoms with Gasteiger partial charge in [-0.1, -0.05) is 6.07 Å². The minimum atomic E-state index is 0.121. The first-order valence-corrected chi connectivity index (χ1v) is 8.16. The Bertz CT molecular complexity index is 474. The van der Waals surface area contributed by atoms with Crippen molar-refractivity contribution in [2.45, 2.75) is 17.7 Å². The second-order valence-corrected chi connectivity index (χ2v) is 6.06. The van der Waals surface area contributed by atoms with Crippen LogP contribution in [0.4, 0.5) is 5.69 Å². The first-order chi connectivity index (χ1) is 9.63. The summed E-state index contributed by atoms with van der Waals surface area (Å²) < 4.78 is 5.67. The van der Waals surface area contributed by atoms with Crippen LogP contribution in [0.3, 0.4) is 0 Å². The highest BCUT2D eigenvalue weighted by atomic mass is 32.2. The van der Waals surface area contributed by atoms with Gasteiger partial charge in [-0.25, -0.2) is 0 Å². The molecule has 1 fully saturated rings. The molecule has 1 saturated carbocycles. The van der Waals surface area contributed by atoms with Gasteiger partial charge < -0.3 is 15.4 Å². The maximum absolute atomic E-state index is 7.80. The van der Waals surface area contributed by atoms with Crippen molar-refractivity contribution in [3.63, 3.8) is 0 Å². The molecule has 1 aliphatic rings. The molecule has 0 atom stereocenters. The fourth-order valence-corrected chi connectivity index (χ4v) is 2.77. The second kappa shape index (κ2) is 6.99. The monoisotopic (exact) mass is 293 g/mol. The van der Waals surface area contributed by atoms with Crippen molar-refractivity contribution < 1.29 is 4.74 Å². The number of hydrogen-bond acceptors (Lipinski definition) is 4.